The fraction of sp³-hybridized carbons (Fsp3) is 0.600. The molecule has 0 radical (unpaired) electrons. The topological polar surface area (TPSA) is 63.6 Å². The average molecular weight is 334 g/mol. The summed E-state index contributed by atoms with van der Waals surface area (Å²) in [5, 5.41) is 9.29. The Balaban J connectivity index is 2.08. The second kappa shape index (κ2) is 12.6. The molecule has 0 aliphatic rings. The highest BCUT2D eigenvalue weighted by atomic mass is 16.5. The molecule has 1 aromatic carbocycles. The second-order valence-corrected chi connectivity index (χ2v) is 6.22. The van der Waals surface area contributed by atoms with Gasteiger partial charge in [-0.3, -0.25) is 9.59 Å². The molecule has 1 N–H and O–H groups in total. The quantitative estimate of drug-likeness (QED) is 0.433. The van der Waals surface area contributed by atoms with Crippen LogP contribution < -0.4 is 10.2 Å². The minimum Gasteiger partial charge on any atom is -0.504 e. The number of unbranched alkanes of at least 4 members (excludes halogenated alkanes) is 9. The molecular weight excluding hydrogens is 304 g/mol. The molecule has 0 unspecified atom stereocenters. The van der Waals surface area contributed by atoms with Gasteiger partial charge in [0.2, 0.25) is 5.43 Å². The molecule has 4 nitrogen and oxygen atoms in total. The van der Waals surface area contributed by atoms with Gasteiger partial charge in [-0.2, -0.15) is 0 Å². The molecule has 0 fully saturated rings. The Kier molecular flexibility index (Phi) is 10.6. The Labute approximate surface area is 144 Å². The van der Waals surface area contributed by atoms with Crippen molar-refractivity contribution in [3.8, 4) is 11.5 Å². The minimum atomic E-state index is -0.494. The van der Waals surface area contributed by atoms with Gasteiger partial charge in [0.1, 0.15) is 5.75 Å². The lowest BCUT2D eigenvalue weighted by atomic mass is 10.1. The largest absolute Gasteiger partial charge is 0.504 e. The molecule has 0 amide bonds. The SMILES string of the molecule is CCCCCCCCCCCCC(=O)Oc1ccc(O)c(=O)cc1. The van der Waals surface area contributed by atoms with Crippen LogP contribution in [0.15, 0.2) is 29.1 Å². The van der Waals surface area contributed by atoms with Gasteiger partial charge >= 0.3 is 5.97 Å². The van der Waals surface area contributed by atoms with Gasteiger partial charge in [-0.15, -0.1) is 0 Å². The zero-order valence-electron chi connectivity index (χ0n) is 14.8. The van der Waals surface area contributed by atoms with Crippen LogP contribution >= 0.6 is 0 Å². The molecule has 1 rings (SSSR count). The van der Waals surface area contributed by atoms with Crippen LogP contribution in [0.3, 0.4) is 0 Å². The first-order chi connectivity index (χ1) is 11.6. The van der Waals surface area contributed by atoms with Crippen molar-refractivity contribution in [1.82, 2.24) is 0 Å². The first-order valence-corrected chi connectivity index (χ1v) is 9.17. The molecule has 0 aromatic heterocycles. The summed E-state index contributed by atoms with van der Waals surface area (Å²) in [6.45, 7) is 2.23. The molecular formula is C20H30O4. The van der Waals surface area contributed by atoms with Crippen molar-refractivity contribution in [3.63, 3.8) is 0 Å². The third-order valence-electron chi connectivity index (χ3n) is 4.02. The van der Waals surface area contributed by atoms with E-state index in [4.69, 9.17) is 4.74 Å². The predicted molar refractivity (Wildman–Crippen MR) is 96.5 cm³/mol. The summed E-state index contributed by atoms with van der Waals surface area (Å²) in [4.78, 5) is 23.0. The number of ether oxygens (including phenoxy) is 1. The van der Waals surface area contributed by atoms with Crippen LogP contribution in [0.5, 0.6) is 11.5 Å². The Hall–Kier alpha value is -1.84. The van der Waals surface area contributed by atoms with Crippen molar-refractivity contribution in [1.29, 1.82) is 0 Å². The molecule has 0 spiro atoms. The average Bonchev–Trinajstić information content (AvgIpc) is 2.72. The maximum Gasteiger partial charge on any atom is 0.311 e. The molecule has 24 heavy (non-hydrogen) atoms. The summed E-state index contributed by atoms with van der Waals surface area (Å²) in [6, 6.07) is 5.26. The number of aromatic hydroxyl groups is 1. The predicted octanol–water partition coefficient (Wildman–Crippen LogP) is 4.97. The lowest BCUT2D eigenvalue weighted by Gasteiger charge is -2.03. The van der Waals surface area contributed by atoms with Gasteiger partial charge < -0.3 is 9.84 Å². The molecule has 0 bridgehead atoms. The summed E-state index contributed by atoms with van der Waals surface area (Å²) >= 11 is 0. The van der Waals surface area contributed by atoms with E-state index in [9.17, 15) is 14.7 Å². The number of hydrogen-bond acceptors (Lipinski definition) is 4. The fourth-order valence-electron chi connectivity index (χ4n) is 2.55. The number of rotatable bonds is 12. The van der Waals surface area contributed by atoms with E-state index in [2.05, 4.69) is 6.92 Å². The third-order valence-corrected chi connectivity index (χ3v) is 4.02. The van der Waals surface area contributed by atoms with E-state index in [1.54, 1.807) is 0 Å². The molecule has 1 aromatic rings. The molecule has 4 heteroatoms. The summed E-state index contributed by atoms with van der Waals surface area (Å²) in [5.41, 5.74) is -0.494. The number of carbonyl (C=O) groups is 1. The van der Waals surface area contributed by atoms with Gasteiger partial charge in [-0.05, 0) is 30.7 Å². The van der Waals surface area contributed by atoms with E-state index < -0.39 is 5.43 Å². The standard InChI is InChI=1S/C20H30O4/c1-2-3-4-5-6-7-8-9-10-11-12-20(23)24-17-13-15-18(21)19(22)16-14-17/h13-16H,2-12H2,1H3,(H,21,22). The first-order valence-electron chi connectivity index (χ1n) is 9.17. The summed E-state index contributed by atoms with van der Waals surface area (Å²) < 4.78 is 5.18. The van der Waals surface area contributed by atoms with Crippen molar-refractivity contribution < 1.29 is 14.6 Å². The van der Waals surface area contributed by atoms with E-state index in [-0.39, 0.29) is 17.5 Å². The monoisotopic (exact) mass is 334 g/mol. The Bertz CT molecular complexity index is 539. The highest BCUT2D eigenvalue weighted by Gasteiger charge is 2.05. The normalized spacial score (nSPS) is 10.5. The van der Waals surface area contributed by atoms with Crippen LogP contribution in [-0.2, 0) is 4.79 Å². The maximum absolute atomic E-state index is 11.8. The maximum atomic E-state index is 11.8. The van der Waals surface area contributed by atoms with Gasteiger partial charge in [0, 0.05) is 6.42 Å². The van der Waals surface area contributed by atoms with Crippen molar-refractivity contribution in [2.75, 3.05) is 0 Å². The highest BCUT2D eigenvalue weighted by Crippen LogP contribution is 2.13. The van der Waals surface area contributed by atoms with E-state index in [0.29, 0.717) is 6.42 Å². The lowest BCUT2D eigenvalue weighted by Crippen LogP contribution is -2.07. The molecule has 134 valence electrons. The Morgan fingerprint density at radius 1 is 0.875 bits per heavy atom. The zero-order valence-corrected chi connectivity index (χ0v) is 14.8. The van der Waals surface area contributed by atoms with Gasteiger partial charge in [-0.1, -0.05) is 64.7 Å². The molecule has 0 atom stereocenters. The lowest BCUT2D eigenvalue weighted by molar-refractivity contribution is -0.134. The number of hydrogen-bond donors (Lipinski definition) is 1. The summed E-state index contributed by atoms with van der Waals surface area (Å²) in [7, 11) is 0. The second-order valence-electron chi connectivity index (χ2n) is 6.22. The van der Waals surface area contributed by atoms with Crippen LogP contribution in [0, 0.1) is 0 Å². The van der Waals surface area contributed by atoms with Gasteiger partial charge in [0.15, 0.2) is 5.75 Å². The molecule has 0 saturated carbocycles. The first kappa shape index (κ1) is 20.2. The smallest absolute Gasteiger partial charge is 0.311 e. The van der Waals surface area contributed by atoms with Crippen LogP contribution in [0.1, 0.15) is 77.6 Å². The van der Waals surface area contributed by atoms with Crippen LogP contribution in [0.25, 0.3) is 0 Å². The van der Waals surface area contributed by atoms with E-state index in [1.165, 1.54) is 69.2 Å². The van der Waals surface area contributed by atoms with E-state index >= 15 is 0 Å². The molecule has 0 aliphatic heterocycles. The van der Waals surface area contributed by atoms with Crippen molar-refractivity contribution in [2.24, 2.45) is 0 Å². The zero-order chi connectivity index (χ0) is 17.6. The van der Waals surface area contributed by atoms with Crippen molar-refractivity contribution >= 4 is 5.97 Å². The van der Waals surface area contributed by atoms with Crippen LogP contribution in [0.2, 0.25) is 0 Å². The van der Waals surface area contributed by atoms with E-state index in [0.717, 1.165) is 19.3 Å². The Morgan fingerprint density at radius 2 is 1.42 bits per heavy atom. The minimum absolute atomic E-state index is 0.282. The number of carbonyl (C=O) groups excluding carboxylic acids is 1. The molecule has 0 heterocycles. The molecule has 0 saturated heterocycles. The fourth-order valence-corrected chi connectivity index (χ4v) is 2.55. The summed E-state index contributed by atoms with van der Waals surface area (Å²) in [5.74, 6) is -0.371. The van der Waals surface area contributed by atoms with Crippen molar-refractivity contribution in [2.45, 2.75) is 77.6 Å². The number of esters is 1. The van der Waals surface area contributed by atoms with Crippen LogP contribution in [0.4, 0.5) is 0 Å². The van der Waals surface area contributed by atoms with Gasteiger partial charge in [-0.25, -0.2) is 0 Å². The Morgan fingerprint density at radius 3 is 2.04 bits per heavy atom. The third kappa shape index (κ3) is 9.33. The van der Waals surface area contributed by atoms with Gasteiger partial charge in [0.05, 0.1) is 0 Å². The summed E-state index contributed by atoms with van der Waals surface area (Å²) in [6.07, 6.45) is 12.6. The van der Waals surface area contributed by atoms with Crippen LogP contribution in [-0.4, -0.2) is 11.1 Å². The highest BCUT2D eigenvalue weighted by molar-refractivity contribution is 5.72. The van der Waals surface area contributed by atoms with E-state index in [1.807, 2.05) is 0 Å². The van der Waals surface area contributed by atoms with Gasteiger partial charge in [0.25, 0.3) is 0 Å². The molecule has 0 aliphatic carbocycles. The van der Waals surface area contributed by atoms with Crippen molar-refractivity contribution in [3.05, 3.63) is 34.5 Å².